The van der Waals surface area contributed by atoms with Crippen molar-refractivity contribution in [3.05, 3.63) is 187 Å². The molecule has 0 atom stereocenters. The van der Waals surface area contributed by atoms with Crippen molar-refractivity contribution in [3.8, 4) is 56.0 Å². The number of hydrogen-bond acceptors (Lipinski definition) is 3. The van der Waals surface area contributed by atoms with Gasteiger partial charge in [0.25, 0.3) is 0 Å². The van der Waals surface area contributed by atoms with Crippen LogP contribution in [0.4, 0.5) is 5.69 Å². The van der Waals surface area contributed by atoms with E-state index >= 15 is 0 Å². The van der Waals surface area contributed by atoms with Crippen LogP contribution in [0.1, 0.15) is 19.8 Å². The molecule has 49 heavy (non-hydrogen) atoms. The highest BCUT2D eigenvalue weighted by molar-refractivity contribution is 5.83. The first-order valence-electron chi connectivity index (χ1n) is 16.8. The van der Waals surface area contributed by atoms with E-state index in [2.05, 4.69) is 164 Å². The number of nitrogens with zero attached hydrogens (tertiary/aromatic N) is 3. The molecule has 1 aliphatic rings. The SMILES string of the molecule is C=C/C(=C(\C)C1=CC=CCC1)N(C)c1ccc(-c2cc(-c3cc(-c4ccccc4)cc(-c4ccccc4)c3)nc(-c3ccccn3)c2)cc1. The van der Waals surface area contributed by atoms with Crippen LogP contribution in [0.15, 0.2) is 187 Å². The number of rotatable bonds is 9. The van der Waals surface area contributed by atoms with Gasteiger partial charge in [-0.25, -0.2) is 4.98 Å². The Hall–Kier alpha value is -6.06. The molecule has 2 heterocycles. The largest absolute Gasteiger partial charge is 0.344 e. The molecule has 0 unspecified atom stereocenters. The van der Waals surface area contributed by atoms with Crippen molar-refractivity contribution >= 4 is 5.69 Å². The summed E-state index contributed by atoms with van der Waals surface area (Å²) >= 11 is 0. The van der Waals surface area contributed by atoms with Gasteiger partial charge in [0.15, 0.2) is 0 Å². The summed E-state index contributed by atoms with van der Waals surface area (Å²) in [5, 5.41) is 0. The maximum absolute atomic E-state index is 5.21. The third-order valence-corrected chi connectivity index (χ3v) is 9.22. The van der Waals surface area contributed by atoms with Crippen LogP contribution in [-0.2, 0) is 0 Å². The van der Waals surface area contributed by atoms with E-state index in [1.807, 2.05) is 30.5 Å². The number of pyridine rings is 2. The van der Waals surface area contributed by atoms with Crippen LogP contribution in [0.25, 0.3) is 56.0 Å². The zero-order chi connectivity index (χ0) is 33.6. The highest BCUT2D eigenvalue weighted by Gasteiger charge is 2.15. The molecule has 0 fully saturated rings. The fourth-order valence-electron chi connectivity index (χ4n) is 6.50. The fourth-order valence-corrected chi connectivity index (χ4v) is 6.50. The van der Waals surface area contributed by atoms with E-state index in [1.165, 1.54) is 22.3 Å². The molecule has 0 amide bonds. The molecule has 0 radical (unpaired) electrons. The van der Waals surface area contributed by atoms with Crippen LogP contribution in [0.3, 0.4) is 0 Å². The quantitative estimate of drug-likeness (QED) is 0.148. The Bertz CT molecular complexity index is 2120. The van der Waals surface area contributed by atoms with Crippen LogP contribution in [0.5, 0.6) is 0 Å². The molecule has 0 bridgehead atoms. The number of benzene rings is 4. The maximum atomic E-state index is 5.21. The third kappa shape index (κ3) is 6.97. The van der Waals surface area contributed by atoms with Crippen molar-refractivity contribution in [3.63, 3.8) is 0 Å². The second-order valence-electron chi connectivity index (χ2n) is 12.4. The average molecular weight is 634 g/mol. The molecule has 0 aliphatic heterocycles. The van der Waals surface area contributed by atoms with Crippen LogP contribution in [-0.4, -0.2) is 17.0 Å². The number of aromatic nitrogens is 2. The van der Waals surface area contributed by atoms with Crippen molar-refractivity contribution in [1.82, 2.24) is 9.97 Å². The van der Waals surface area contributed by atoms with Gasteiger partial charge in [0.1, 0.15) is 0 Å². The van der Waals surface area contributed by atoms with Gasteiger partial charge in [0.05, 0.1) is 17.1 Å². The molecule has 0 saturated carbocycles. The summed E-state index contributed by atoms with van der Waals surface area (Å²) < 4.78 is 0. The predicted molar refractivity (Wildman–Crippen MR) is 207 cm³/mol. The average Bonchev–Trinajstić information content (AvgIpc) is 3.19. The Kier molecular flexibility index (Phi) is 9.25. The summed E-state index contributed by atoms with van der Waals surface area (Å²) in [6, 6.07) is 46.9. The zero-order valence-electron chi connectivity index (χ0n) is 28.1. The minimum Gasteiger partial charge on any atom is -0.344 e. The molecular formula is C46H39N3. The monoisotopic (exact) mass is 633 g/mol. The number of hydrogen-bond donors (Lipinski definition) is 0. The smallest absolute Gasteiger partial charge is 0.0899 e. The van der Waals surface area contributed by atoms with Crippen LogP contribution in [0.2, 0.25) is 0 Å². The van der Waals surface area contributed by atoms with E-state index in [4.69, 9.17) is 4.98 Å². The van der Waals surface area contributed by atoms with Crippen molar-refractivity contribution < 1.29 is 0 Å². The van der Waals surface area contributed by atoms with E-state index in [9.17, 15) is 0 Å². The van der Waals surface area contributed by atoms with Crippen LogP contribution in [0, 0.1) is 0 Å². The fraction of sp³-hybridized carbons (Fsp3) is 0.0870. The van der Waals surface area contributed by atoms with Gasteiger partial charge in [-0.2, -0.15) is 0 Å². The third-order valence-electron chi connectivity index (χ3n) is 9.22. The Morgan fingerprint density at radius 3 is 1.82 bits per heavy atom. The lowest BCUT2D eigenvalue weighted by molar-refractivity contribution is 0.954. The van der Waals surface area contributed by atoms with Gasteiger partial charge in [-0.05, 0) is 125 Å². The molecule has 3 heteroatoms. The molecule has 238 valence electrons. The minimum absolute atomic E-state index is 0.836. The summed E-state index contributed by atoms with van der Waals surface area (Å²) in [5.74, 6) is 0. The normalized spacial score (nSPS) is 13.0. The van der Waals surface area contributed by atoms with Gasteiger partial charge in [0, 0.05) is 30.2 Å². The highest BCUT2D eigenvalue weighted by Crippen LogP contribution is 2.36. The maximum Gasteiger partial charge on any atom is 0.0899 e. The first-order chi connectivity index (χ1) is 24.1. The van der Waals surface area contributed by atoms with E-state index in [0.29, 0.717) is 0 Å². The van der Waals surface area contributed by atoms with E-state index in [1.54, 1.807) is 0 Å². The van der Waals surface area contributed by atoms with Gasteiger partial charge in [-0.15, -0.1) is 0 Å². The van der Waals surface area contributed by atoms with Crippen LogP contribution >= 0.6 is 0 Å². The molecule has 4 aromatic carbocycles. The number of allylic oxidation sites excluding steroid dienone is 6. The van der Waals surface area contributed by atoms with Gasteiger partial charge in [0.2, 0.25) is 0 Å². The summed E-state index contributed by atoms with van der Waals surface area (Å²) in [6.45, 7) is 6.35. The number of anilines is 1. The lowest BCUT2D eigenvalue weighted by Crippen LogP contribution is -2.17. The van der Waals surface area contributed by atoms with Crippen molar-refractivity contribution in [2.45, 2.75) is 19.8 Å². The molecular weight excluding hydrogens is 595 g/mol. The Balaban J connectivity index is 1.32. The Morgan fingerprint density at radius 2 is 1.22 bits per heavy atom. The van der Waals surface area contributed by atoms with Gasteiger partial charge >= 0.3 is 0 Å². The lowest BCUT2D eigenvalue weighted by Gasteiger charge is -2.25. The van der Waals surface area contributed by atoms with Crippen molar-refractivity contribution in [2.24, 2.45) is 0 Å². The molecule has 0 saturated heterocycles. The van der Waals surface area contributed by atoms with E-state index in [-0.39, 0.29) is 0 Å². The highest BCUT2D eigenvalue weighted by atomic mass is 15.1. The summed E-state index contributed by atoms with van der Waals surface area (Å²) in [7, 11) is 2.11. The topological polar surface area (TPSA) is 29.0 Å². The van der Waals surface area contributed by atoms with Crippen LogP contribution < -0.4 is 4.90 Å². The predicted octanol–water partition coefficient (Wildman–Crippen LogP) is 12.0. The van der Waals surface area contributed by atoms with Crippen molar-refractivity contribution in [1.29, 1.82) is 0 Å². The summed E-state index contributed by atoms with van der Waals surface area (Å²) in [6.07, 6.45) is 12.5. The first kappa shape index (κ1) is 31.5. The van der Waals surface area contributed by atoms with Gasteiger partial charge in [-0.1, -0.05) is 104 Å². The second kappa shape index (κ2) is 14.4. The molecule has 3 nitrogen and oxygen atoms in total. The first-order valence-corrected chi connectivity index (χ1v) is 16.8. The summed E-state index contributed by atoms with van der Waals surface area (Å²) in [5.41, 5.74) is 15.3. The van der Waals surface area contributed by atoms with E-state index in [0.717, 1.165) is 69.1 Å². The van der Waals surface area contributed by atoms with Gasteiger partial charge in [-0.3, -0.25) is 4.98 Å². The number of likely N-dealkylation sites (N-methyl/N-ethyl adjacent to an activating group) is 1. The van der Waals surface area contributed by atoms with Gasteiger partial charge < -0.3 is 4.90 Å². The molecule has 1 aliphatic carbocycles. The minimum atomic E-state index is 0.836. The van der Waals surface area contributed by atoms with E-state index < -0.39 is 0 Å². The lowest BCUT2D eigenvalue weighted by atomic mass is 9.93. The molecule has 6 aromatic rings. The molecule has 0 spiro atoms. The Labute approximate surface area is 290 Å². The summed E-state index contributed by atoms with van der Waals surface area (Å²) in [4.78, 5) is 12.1. The Morgan fingerprint density at radius 1 is 0.633 bits per heavy atom. The molecule has 0 N–H and O–H groups in total. The molecule has 7 rings (SSSR count). The molecule has 2 aromatic heterocycles. The zero-order valence-corrected chi connectivity index (χ0v) is 28.1. The van der Waals surface area contributed by atoms with Crippen molar-refractivity contribution in [2.75, 3.05) is 11.9 Å². The standard InChI is InChI=1S/C46H39N3/c1-4-46(33(2)34-16-8-5-9-17-34)49(3)42-25-23-37(24-26-42)40-31-44(48-45(32-40)43-22-14-15-27-47-43)41-29-38(35-18-10-6-11-19-35)28-39(30-41)36-20-12-7-13-21-36/h4-8,10-16,18-32H,1,9,17H2,2-3H3/b46-33-. The second-order valence-corrected chi connectivity index (χ2v) is 12.4.